The van der Waals surface area contributed by atoms with Gasteiger partial charge in [0.05, 0.1) is 5.75 Å². The first-order valence-electron chi connectivity index (χ1n) is 7.83. The lowest BCUT2D eigenvalue weighted by atomic mass is 10.3. The Morgan fingerprint density at radius 3 is 2.32 bits per heavy atom. The lowest BCUT2D eigenvalue weighted by Gasteiger charge is -2.22. The van der Waals surface area contributed by atoms with Gasteiger partial charge in [-0.1, -0.05) is 0 Å². The van der Waals surface area contributed by atoms with Crippen molar-refractivity contribution in [1.82, 2.24) is 15.5 Å². The van der Waals surface area contributed by atoms with Crippen molar-refractivity contribution in [3.63, 3.8) is 0 Å². The van der Waals surface area contributed by atoms with Gasteiger partial charge in [0.15, 0.2) is 0 Å². The Balaban J connectivity index is 3.92. The molecule has 0 atom stereocenters. The summed E-state index contributed by atoms with van der Waals surface area (Å²) >= 11 is 3.47. The lowest BCUT2D eigenvalue weighted by molar-refractivity contribution is -0.130. The Labute approximate surface area is 143 Å². The third-order valence-corrected chi connectivity index (χ3v) is 5.14. The fraction of sp³-hybridized carbons (Fsp3) is 0.867. The number of nitrogens with one attached hydrogen (secondary N) is 2. The zero-order valence-electron chi connectivity index (χ0n) is 14.2. The summed E-state index contributed by atoms with van der Waals surface area (Å²) < 4.78 is 0. The van der Waals surface area contributed by atoms with Crippen LogP contribution in [-0.2, 0) is 9.59 Å². The van der Waals surface area contributed by atoms with E-state index in [1.807, 2.05) is 30.8 Å². The third kappa shape index (κ3) is 13.4. The van der Waals surface area contributed by atoms with Crippen LogP contribution in [0.15, 0.2) is 0 Å². The number of nitrogens with zero attached hydrogens (tertiary/aromatic N) is 1. The van der Waals surface area contributed by atoms with Crippen LogP contribution in [-0.4, -0.2) is 79.9 Å². The van der Waals surface area contributed by atoms with E-state index in [2.05, 4.69) is 10.6 Å². The smallest absolute Gasteiger partial charge is 0.223 e. The van der Waals surface area contributed by atoms with Gasteiger partial charge < -0.3 is 15.5 Å². The summed E-state index contributed by atoms with van der Waals surface area (Å²) in [6.45, 7) is 4.96. The molecule has 0 heterocycles. The highest BCUT2D eigenvalue weighted by molar-refractivity contribution is 8.00. The number of amides is 1. The molecular weight excluding hydrogens is 318 g/mol. The molecule has 0 spiro atoms. The molecule has 0 bridgehead atoms. The van der Waals surface area contributed by atoms with E-state index in [-0.39, 0.29) is 11.7 Å². The van der Waals surface area contributed by atoms with Crippen molar-refractivity contribution in [2.75, 3.05) is 63.3 Å². The van der Waals surface area contributed by atoms with E-state index in [0.717, 1.165) is 49.9 Å². The highest BCUT2D eigenvalue weighted by Crippen LogP contribution is 2.07. The molecule has 0 radical (unpaired) electrons. The second-order valence-corrected chi connectivity index (χ2v) is 7.39. The summed E-state index contributed by atoms with van der Waals surface area (Å²) in [4.78, 5) is 25.1. The SMILES string of the molecule is CNCCSCCC(=O)N(CCCSCC(C)=O)CCNC. The molecule has 0 aliphatic heterocycles. The highest BCUT2D eigenvalue weighted by atomic mass is 32.2. The van der Waals surface area contributed by atoms with Crippen molar-refractivity contribution in [2.24, 2.45) is 0 Å². The summed E-state index contributed by atoms with van der Waals surface area (Å²) in [5.41, 5.74) is 0. The minimum absolute atomic E-state index is 0.215. The minimum Gasteiger partial charge on any atom is -0.341 e. The van der Waals surface area contributed by atoms with Crippen LogP contribution in [0.2, 0.25) is 0 Å². The summed E-state index contributed by atoms with van der Waals surface area (Å²) in [6, 6.07) is 0. The van der Waals surface area contributed by atoms with Crippen LogP contribution in [0.3, 0.4) is 0 Å². The molecule has 0 aliphatic carbocycles. The maximum atomic E-state index is 12.3. The number of rotatable bonds is 15. The molecule has 130 valence electrons. The molecule has 0 saturated carbocycles. The fourth-order valence-electron chi connectivity index (χ4n) is 1.78. The van der Waals surface area contributed by atoms with Crippen LogP contribution in [0.5, 0.6) is 0 Å². The first kappa shape index (κ1) is 21.8. The molecular formula is C15H31N3O2S2. The molecule has 0 aliphatic rings. The van der Waals surface area contributed by atoms with Crippen LogP contribution in [0.1, 0.15) is 19.8 Å². The van der Waals surface area contributed by atoms with Gasteiger partial charge in [-0.15, -0.1) is 0 Å². The average molecular weight is 350 g/mol. The Kier molecular flexibility index (Phi) is 15.5. The number of carbonyl (C=O) groups excluding carboxylic acids is 2. The van der Waals surface area contributed by atoms with Gasteiger partial charge in [-0.3, -0.25) is 9.59 Å². The minimum atomic E-state index is 0.215. The quantitative estimate of drug-likeness (QED) is 0.432. The molecule has 0 saturated heterocycles. The Bertz CT molecular complexity index is 305. The summed E-state index contributed by atoms with van der Waals surface area (Å²) in [5.74, 6) is 3.89. The first-order chi connectivity index (χ1) is 10.6. The zero-order valence-corrected chi connectivity index (χ0v) is 15.8. The van der Waals surface area contributed by atoms with Crippen molar-refractivity contribution in [3.05, 3.63) is 0 Å². The number of carbonyl (C=O) groups is 2. The van der Waals surface area contributed by atoms with E-state index in [1.165, 1.54) is 0 Å². The van der Waals surface area contributed by atoms with Crippen LogP contribution in [0.4, 0.5) is 0 Å². The number of likely N-dealkylation sites (N-methyl/N-ethyl adjacent to an activating group) is 1. The topological polar surface area (TPSA) is 61.4 Å². The van der Waals surface area contributed by atoms with Gasteiger partial charge in [-0.2, -0.15) is 23.5 Å². The fourth-order valence-corrected chi connectivity index (χ4v) is 3.41. The molecule has 22 heavy (non-hydrogen) atoms. The second-order valence-electron chi connectivity index (χ2n) is 5.06. The van der Waals surface area contributed by atoms with Crippen LogP contribution >= 0.6 is 23.5 Å². The van der Waals surface area contributed by atoms with Crippen LogP contribution in [0, 0.1) is 0 Å². The van der Waals surface area contributed by atoms with E-state index in [0.29, 0.717) is 12.2 Å². The number of hydrogen-bond acceptors (Lipinski definition) is 6. The number of Topliss-reactive ketones (excluding diaryl/α,β-unsaturated/α-hetero) is 1. The molecule has 0 aromatic carbocycles. The van der Waals surface area contributed by atoms with Crippen molar-refractivity contribution in [2.45, 2.75) is 19.8 Å². The zero-order chi connectivity index (χ0) is 16.6. The van der Waals surface area contributed by atoms with Crippen LogP contribution < -0.4 is 10.6 Å². The molecule has 1 amide bonds. The highest BCUT2D eigenvalue weighted by Gasteiger charge is 2.12. The van der Waals surface area contributed by atoms with E-state index in [9.17, 15) is 9.59 Å². The molecule has 0 rings (SSSR count). The van der Waals surface area contributed by atoms with Gasteiger partial charge in [0.25, 0.3) is 0 Å². The normalized spacial score (nSPS) is 10.7. The number of hydrogen-bond donors (Lipinski definition) is 2. The monoisotopic (exact) mass is 349 g/mol. The average Bonchev–Trinajstić information content (AvgIpc) is 2.49. The summed E-state index contributed by atoms with van der Waals surface area (Å²) in [7, 11) is 3.84. The van der Waals surface area contributed by atoms with Crippen molar-refractivity contribution in [3.8, 4) is 0 Å². The van der Waals surface area contributed by atoms with Gasteiger partial charge in [-0.25, -0.2) is 0 Å². The summed E-state index contributed by atoms with van der Waals surface area (Å²) in [5, 5.41) is 6.20. The molecule has 2 N–H and O–H groups in total. The predicted molar refractivity (Wildman–Crippen MR) is 99.0 cm³/mol. The largest absolute Gasteiger partial charge is 0.341 e. The standard InChI is InChI=1S/C15H31N3O2S2/c1-14(19)13-22-10-4-8-18(9-6-16-2)15(20)5-11-21-12-7-17-3/h16-17H,4-13H2,1-3H3. The molecule has 0 unspecified atom stereocenters. The van der Waals surface area contributed by atoms with Crippen molar-refractivity contribution in [1.29, 1.82) is 0 Å². The first-order valence-corrected chi connectivity index (χ1v) is 10.1. The van der Waals surface area contributed by atoms with Gasteiger partial charge in [0, 0.05) is 44.1 Å². The Hall–Kier alpha value is -0.240. The second kappa shape index (κ2) is 15.6. The molecule has 0 aromatic rings. The molecule has 7 heteroatoms. The summed E-state index contributed by atoms with van der Waals surface area (Å²) in [6.07, 6.45) is 1.55. The predicted octanol–water partition coefficient (Wildman–Crippen LogP) is 1.09. The Morgan fingerprint density at radius 1 is 0.955 bits per heavy atom. The van der Waals surface area contributed by atoms with E-state index < -0.39 is 0 Å². The maximum absolute atomic E-state index is 12.3. The van der Waals surface area contributed by atoms with Crippen molar-refractivity contribution < 1.29 is 9.59 Å². The van der Waals surface area contributed by atoms with Crippen molar-refractivity contribution >= 4 is 35.2 Å². The van der Waals surface area contributed by atoms with E-state index >= 15 is 0 Å². The van der Waals surface area contributed by atoms with Gasteiger partial charge in [0.1, 0.15) is 5.78 Å². The van der Waals surface area contributed by atoms with Gasteiger partial charge >= 0.3 is 0 Å². The Morgan fingerprint density at radius 2 is 1.68 bits per heavy atom. The molecule has 0 aromatic heterocycles. The molecule has 5 nitrogen and oxygen atoms in total. The lowest BCUT2D eigenvalue weighted by Crippen LogP contribution is -2.37. The number of ketones is 1. The van der Waals surface area contributed by atoms with E-state index in [1.54, 1.807) is 18.7 Å². The maximum Gasteiger partial charge on any atom is 0.223 e. The van der Waals surface area contributed by atoms with Crippen LogP contribution in [0.25, 0.3) is 0 Å². The number of thioether (sulfide) groups is 2. The van der Waals surface area contributed by atoms with E-state index in [4.69, 9.17) is 0 Å². The third-order valence-electron chi connectivity index (χ3n) is 2.96. The van der Waals surface area contributed by atoms with Gasteiger partial charge in [-0.05, 0) is 33.2 Å². The van der Waals surface area contributed by atoms with Gasteiger partial charge in [0.2, 0.25) is 5.91 Å². The molecule has 0 fully saturated rings.